The third-order valence-corrected chi connectivity index (χ3v) is 7.55. The number of para-hydroxylation sites is 2. The van der Waals surface area contributed by atoms with Crippen molar-refractivity contribution >= 4 is 28.6 Å². The van der Waals surface area contributed by atoms with Crippen molar-refractivity contribution in [2.75, 3.05) is 26.6 Å². The van der Waals surface area contributed by atoms with Gasteiger partial charge in [-0.15, -0.1) is 0 Å². The number of ether oxygens (including phenoxy) is 4. The Labute approximate surface area is 247 Å². The summed E-state index contributed by atoms with van der Waals surface area (Å²) in [7, 11) is 3.00. The maximum atomic E-state index is 13.5. The number of nitrogens with zero attached hydrogens (tertiary/aromatic N) is 3. The van der Waals surface area contributed by atoms with Gasteiger partial charge in [-0.05, 0) is 19.1 Å². The number of thioether (sulfide) groups is 1. The molecule has 1 aliphatic heterocycles. The fourth-order valence-corrected chi connectivity index (χ4v) is 5.67. The number of carbonyl (C=O) groups excluding carboxylic acids is 1. The van der Waals surface area contributed by atoms with E-state index in [4.69, 9.17) is 34.6 Å². The summed E-state index contributed by atoms with van der Waals surface area (Å²) in [6.07, 6.45) is 0. The zero-order valence-electron chi connectivity index (χ0n) is 23.3. The second kappa shape index (κ2) is 12.7. The third-order valence-electron chi connectivity index (χ3n) is 6.70. The van der Waals surface area contributed by atoms with E-state index in [9.17, 15) is 10.1 Å². The number of fused-ring (bicyclic) bond motifs is 1. The van der Waals surface area contributed by atoms with Crippen molar-refractivity contribution in [3.05, 3.63) is 101 Å². The second-order valence-corrected chi connectivity index (χ2v) is 10.0. The normalized spacial score (nSPS) is 14.8. The van der Waals surface area contributed by atoms with E-state index in [1.165, 1.54) is 26.0 Å². The minimum absolute atomic E-state index is 0.0617. The monoisotopic (exact) mass is 580 g/mol. The standard InChI is InChI=1S/C32H28N4O5S/c1-4-40-31(37)27-25(41-30(34)22(17-33)26(27)21-14-10-16-24(38-2)29(21)39-3)18-42-32-35-23-15-9-8-13-20(23)28(36-32)19-11-6-5-7-12-19/h5-16,26H,4,18,34H2,1-3H3/t26-/m1/s1. The lowest BCUT2D eigenvalue weighted by molar-refractivity contribution is -0.139. The summed E-state index contributed by atoms with van der Waals surface area (Å²) in [6, 6.07) is 25.0. The van der Waals surface area contributed by atoms with Crippen LogP contribution < -0.4 is 15.2 Å². The highest BCUT2D eigenvalue weighted by Gasteiger charge is 2.39. The molecule has 42 heavy (non-hydrogen) atoms. The molecular formula is C32H28N4O5S. The van der Waals surface area contributed by atoms with Crippen LogP contribution >= 0.6 is 11.8 Å². The highest BCUT2D eigenvalue weighted by molar-refractivity contribution is 7.99. The topological polar surface area (TPSA) is 130 Å². The fourth-order valence-electron chi connectivity index (χ4n) is 4.87. The molecule has 1 aromatic heterocycles. The molecule has 0 saturated heterocycles. The average molecular weight is 581 g/mol. The van der Waals surface area contributed by atoms with Crippen molar-refractivity contribution in [2.45, 2.75) is 18.0 Å². The summed E-state index contributed by atoms with van der Waals surface area (Å²) in [5.41, 5.74) is 9.53. The number of benzene rings is 3. The summed E-state index contributed by atoms with van der Waals surface area (Å²) < 4.78 is 22.5. The molecule has 9 nitrogen and oxygen atoms in total. The van der Waals surface area contributed by atoms with E-state index in [-0.39, 0.29) is 35.1 Å². The van der Waals surface area contributed by atoms with Gasteiger partial charge in [0.1, 0.15) is 17.4 Å². The van der Waals surface area contributed by atoms with Crippen LogP contribution in [0.5, 0.6) is 11.5 Å². The Bertz CT molecular complexity index is 1750. The van der Waals surface area contributed by atoms with Crippen LogP contribution in [0.2, 0.25) is 0 Å². The Morgan fingerprint density at radius 3 is 2.50 bits per heavy atom. The van der Waals surface area contributed by atoms with E-state index in [0.717, 1.165) is 22.2 Å². The summed E-state index contributed by atoms with van der Waals surface area (Å²) in [5, 5.41) is 11.5. The zero-order chi connectivity index (χ0) is 29.6. The van der Waals surface area contributed by atoms with Crippen LogP contribution in [0.3, 0.4) is 0 Å². The van der Waals surface area contributed by atoms with Gasteiger partial charge in [-0.2, -0.15) is 5.26 Å². The lowest BCUT2D eigenvalue weighted by Gasteiger charge is -2.29. The molecule has 2 heterocycles. The number of nitrogens with two attached hydrogens (primary N) is 1. The van der Waals surface area contributed by atoms with Gasteiger partial charge in [-0.1, -0.05) is 72.4 Å². The number of esters is 1. The smallest absolute Gasteiger partial charge is 0.338 e. The molecule has 2 N–H and O–H groups in total. The second-order valence-electron chi connectivity index (χ2n) is 9.09. The third kappa shape index (κ3) is 5.47. The molecule has 0 fully saturated rings. The Morgan fingerprint density at radius 1 is 1.02 bits per heavy atom. The molecule has 0 aliphatic carbocycles. The first-order chi connectivity index (χ1) is 20.5. The molecule has 0 radical (unpaired) electrons. The SMILES string of the molecule is CCOC(=O)C1=C(CSc2nc(-c3ccccc3)c3ccccc3n2)OC(N)=C(C#N)[C@H]1c1cccc(OC)c1OC. The summed E-state index contributed by atoms with van der Waals surface area (Å²) in [4.78, 5) is 23.1. The molecule has 10 heteroatoms. The molecule has 0 bridgehead atoms. The number of allylic oxidation sites excluding steroid dienone is 1. The van der Waals surface area contributed by atoms with E-state index in [0.29, 0.717) is 22.2 Å². The molecule has 5 rings (SSSR count). The summed E-state index contributed by atoms with van der Waals surface area (Å²) in [6.45, 7) is 1.83. The predicted molar refractivity (Wildman–Crippen MR) is 160 cm³/mol. The highest BCUT2D eigenvalue weighted by Crippen LogP contribution is 2.46. The van der Waals surface area contributed by atoms with Gasteiger partial charge in [0.05, 0.1) is 49.3 Å². The Balaban J connectivity index is 1.61. The molecule has 0 spiro atoms. The van der Waals surface area contributed by atoms with E-state index < -0.39 is 11.9 Å². The van der Waals surface area contributed by atoms with E-state index in [1.54, 1.807) is 25.1 Å². The van der Waals surface area contributed by atoms with Crippen molar-refractivity contribution < 1.29 is 23.7 Å². The molecule has 212 valence electrons. The van der Waals surface area contributed by atoms with Crippen LogP contribution in [-0.4, -0.2) is 42.5 Å². The maximum absolute atomic E-state index is 13.5. The predicted octanol–water partition coefficient (Wildman–Crippen LogP) is 5.73. The molecular weight excluding hydrogens is 552 g/mol. The van der Waals surface area contributed by atoms with Gasteiger partial charge in [0.25, 0.3) is 0 Å². The van der Waals surface area contributed by atoms with Crippen LogP contribution in [0.1, 0.15) is 18.4 Å². The molecule has 0 unspecified atom stereocenters. The lowest BCUT2D eigenvalue weighted by Crippen LogP contribution is -2.27. The number of hydrogen-bond acceptors (Lipinski definition) is 10. The molecule has 4 aromatic rings. The Morgan fingerprint density at radius 2 is 1.79 bits per heavy atom. The van der Waals surface area contributed by atoms with Crippen molar-refractivity contribution in [2.24, 2.45) is 5.73 Å². The fraction of sp³-hybridized carbons (Fsp3) is 0.188. The lowest BCUT2D eigenvalue weighted by atomic mass is 9.82. The van der Waals surface area contributed by atoms with Gasteiger partial charge in [0.2, 0.25) is 5.88 Å². The maximum Gasteiger partial charge on any atom is 0.338 e. The number of methoxy groups -OCH3 is 2. The number of carbonyl (C=O) groups is 1. The number of aromatic nitrogens is 2. The van der Waals surface area contributed by atoms with Gasteiger partial charge < -0.3 is 24.7 Å². The van der Waals surface area contributed by atoms with Gasteiger partial charge in [0.15, 0.2) is 16.7 Å². The van der Waals surface area contributed by atoms with Gasteiger partial charge in [-0.3, -0.25) is 0 Å². The average Bonchev–Trinajstić information content (AvgIpc) is 3.02. The summed E-state index contributed by atoms with van der Waals surface area (Å²) >= 11 is 1.29. The van der Waals surface area contributed by atoms with E-state index in [2.05, 4.69) is 6.07 Å². The number of hydrogen-bond donors (Lipinski definition) is 1. The van der Waals surface area contributed by atoms with Crippen molar-refractivity contribution in [1.29, 1.82) is 5.26 Å². The molecule has 0 saturated carbocycles. The zero-order valence-corrected chi connectivity index (χ0v) is 24.1. The van der Waals surface area contributed by atoms with E-state index in [1.807, 2.05) is 54.6 Å². The van der Waals surface area contributed by atoms with Gasteiger partial charge >= 0.3 is 5.97 Å². The first-order valence-corrected chi connectivity index (χ1v) is 14.1. The van der Waals surface area contributed by atoms with Crippen LogP contribution in [0.25, 0.3) is 22.2 Å². The van der Waals surface area contributed by atoms with Crippen LogP contribution in [0.4, 0.5) is 0 Å². The highest BCUT2D eigenvalue weighted by atomic mass is 32.2. The Kier molecular flexibility index (Phi) is 8.60. The van der Waals surface area contributed by atoms with Crippen LogP contribution in [0, 0.1) is 11.3 Å². The number of nitriles is 1. The van der Waals surface area contributed by atoms with Crippen molar-refractivity contribution in [1.82, 2.24) is 9.97 Å². The molecule has 1 aliphatic rings. The quantitative estimate of drug-likeness (QED) is 0.149. The van der Waals surface area contributed by atoms with Gasteiger partial charge in [0, 0.05) is 16.5 Å². The molecule has 0 amide bonds. The minimum Gasteiger partial charge on any atom is -0.493 e. The number of rotatable bonds is 9. The van der Waals surface area contributed by atoms with E-state index >= 15 is 0 Å². The van der Waals surface area contributed by atoms with Gasteiger partial charge in [-0.25, -0.2) is 14.8 Å². The van der Waals surface area contributed by atoms with Crippen molar-refractivity contribution in [3.63, 3.8) is 0 Å². The molecule has 3 aromatic carbocycles. The first-order valence-electron chi connectivity index (χ1n) is 13.1. The largest absolute Gasteiger partial charge is 0.493 e. The molecule has 1 atom stereocenters. The first kappa shape index (κ1) is 28.5. The van der Waals surface area contributed by atoms with Crippen LogP contribution in [-0.2, 0) is 14.3 Å². The summed E-state index contributed by atoms with van der Waals surface area (Å²) in [5.74, 6) is -0.471. The minimum atomic E-state index is -0.916. The Hall–Kier alpha value is -5.01. The van der Waals surface area contributed by atoms with Crippen molar-refractivity contribution in [3.8, 4) is 28.8 Å². The van der Waals surface area contributed by atoms with Crippen LogP contribution in [0.15, 0.2) is 101 Å².